The number of hydrogen-bond donors (Lipinski definition) is 1. The lowest BCUT2D eigenvalue weighted by Crippen LogP contribution is -2.13. The first-order chi connectivity index (χ1) is 12.8. The van der Waals surface area contributed by atoms with Gasteiger partial charge in [-0.05, 0) is 35.9 Å². The van der Waals surface area contributed by atoms with E-state index in [2.05, 4.69) is 31.2 Å². The molecule has 4 nitrogen and oxygen atoms in total. The molecule has 0 radical (unpaired) electrons. The summed E-state index contributed by atoms with van der Waals surface area (Å²) in [6, 6.07) is 17.5. The molecule has 1 aromatic heterocycles. The van der Waals surface area contributed by atoms with E-state index in [1.54, 1.807) is 22.9 Å². The van der Waals surface area contributed by atoms with Crippen LogP contribution in [0.25, 0.3) is 11.8 Å². The zero-order valence-corrected chi connectivity index (χ0v) is 15.6. The highest BCUT2D eigenvalue weighted by Gasteiger charge is 2.21. The number of nitrogens with zero attached hydrogens (tertiary/aromatic N) is 2. The van der Waals surface area contributed by atoms with Crippen LogP contribution in [-0.2, 0) is 10.2 Å². The van der Waals surface area contributed by atoms with E-state index in [4.69, 9.17) is 0 Å². The highest BCUT2D eigenvalue weighted by molar-refractivity contribution is 6.01. The lowest BCUT2D eigenvalue weighted by molar-refractivity contribution is -0.111. The Morgan fingerprint density at radius 3 is 2.37 bits per heavy atom. The van der Waals surface area contributed by atoms with Crippen molar-refractivity contribution >= 4 is 17.8 Å². The number of hydrogen-bond acceptors (Lipinski definition) is 2. The lowest BCUT2D eigenvalue weighted by Gasteiger charge is -2.14. The number of halogens is 1. The number of carbonyl (C=O) groups is 1. The van der Waals surface area contributed by atoms with Crippen molar-refractivity contribution in [3.8, 4) is 5.69 Å². The number of amides is 1. The Balaban J connectivity index is 1.85. The Bertz CT molecular complexity index is 951. The number of carbonyl (C=O) groups excluding carboxylic acids is 1. The monoisotopic (exact) mass is 363 g/mol. The highest BCUT2D eigenvalue weighted by Crippen LogP contribution is 2.26. The molecule has 0 aliphatic carbocycles. The molecule has 2 aromatic carbocycles. The van der Waals surface area contributed by atoms with E-state index in [9.17, 15) is 9.18 Å². The summed E-state index contributed by atoms with van der Waals surface area (Å²) in [5, 5.41) is 7.55. The molecule has 5 heteroatoms. The predicted octanol–water partition coefficient (Wildman–Crippen LogP) is 4.96. The van der Waals surface area contributed by atoms with Crippen LogP contribution in [0.4, 0.5) is 10.2 Å². The van der Waals surface area contributed by atoms with Gasteiger partial charge < -0.3 is 5.32 Å². The number of nitrogens with one attached hydrogen (secondary N) is 1. The minimum Gasteiger partial charge on any atom is -0.307 e. The highest BCUT2D eigenvalue weighted by atomic mass is 19.1. The Kier molecular flexibility index (Phi) is 5.21. The zero-order chi connectivity index (χ0) is 19.4. The second-order valence-electron chi connectivity index (χ2n) is 7.29. The third-order valence-electron chi connectivity index (χ3n) is 4.03. The van der Waals surface area contributed by atoms with Crippen molar-refractivity contribution in [2.75, 3.05) is 5.32 Å². The van der Waals surface area contributed by atoms with E-state index < -0.39 is 0 Å². The molecule has 27 heavy (non-hydrogen) atoms. The van der Waals surface area contributed by atoms with Crippen LogP contribution in [-0.4, -0.2) is 15.7 Å². The predicted molar refractivity (Wildman–Crippen MR) is 106 cm³/mol. The molecule has 0 fully saturated rings. The quantitative estimate of drug-likeness (QED) is 0.666. The van der Waals surface area contributed by atoms with Gasteiger partial charge in [-0.3, -0.25) is 4.79 Å². The van der Waals surface area contributed by atoms with Gasteiger partial charge in [0, 0.05) is 17.6 Å². The van der Waals surface area contributed by atoms with Crippen LogP contribution in [0.15, 0.2) is 66.7 Å². The molecule has 1 heterocycles. The molecular weight excluding hydrogens is 341 g/mol. The Hall–Kier alpha value is -3.21. The van der Waals surface area contributed by atoms with E-state index in [1.807, 2.05) is 36.4 Å². The minimum absolute atomic E-state index is 0.149. The molecule has 0 bridgehead atoms. The molecular formula is C22H22FN3O. The van der Waals surface area contributed by atoms with Crippen molar-refractivity contribution in [3.63, 3.8) is 0 Å². The van der Waals surface area contributed by atoms with Crippen LogP contribution < -0.4 is 5.32 Å². The van der Waals surface area contributed by atoms with Crippen LogP contribution in [0.1, 0.15) is 32.0 Å². The largest absolute Gasteiger partial charge is 0.307 e. The summed E-state index contributed by atoms with van der Waals surface area (Å²) in [6.07, 6.45) is 3.06. The first-order valence-corrected chi connectivity index (χ1v) is 8.73. The van der Waals surface area contributed by atoms with Gasteiger partial charge in [0.25, 0.3) is 0 Å². The number of anilines is 1. The van der Waals surface area contributed by atoms with Crippen molar-refractivity contribution in [1.29, 1.82) is 0 Å². The summed E-state index contributed by atoms with van der Waals surface area (Å²) >= 11 is 0. The van der Waals surface area contributed by atoms with Crippen molar-refractivity contribution in [2.24, 2.45) is 0 Å². The molecule has 1 amide bonds. The van der Waals surface area contributed by atoms with Crippen LogP contribution in [0.2, 0.25) is 0 Å². The maximum atomic E-state index is 13.0. The minimum atomic E-state index is -0.307. The maximum Gasteiger partial charge on any atom is 0.249 e. The van der Waals surface area contributed by atoms with Gasteiger partial charge in [-0.25, -0.2) is 9.07 Å². The van der Waals surface area contributed by atoms with E-state index in [-0.39, 0.29) is 17.1 Å². The average molecular weight is 363 g/mol. The molecule has 3 aromatic rings. The third kappa shape index (κ3) is 4.70. The first-order valence-electron chi connectivity index (χ1n) is 8.73. The van der Waals surface area contributed by atoms with Gasteiger partial charge in [-0.2, -0.15) is 5.10 Å². The van der Waals surface area contributed by atoms with Gasteiger partial charge in [0.1, 0.15) is 11.6 Å². The van der Waals surface area contributed by atoms with Crippen molar-refractivity contribution < 1.29 is 9.18 Å². The standard InChI is InChI=1S/C22H22FN3O/c1-22(2,3)19-15-20(26(25-19)18-7-5-4-6-8-18)24-21(27)14-11-16-9-12-17(23)13-10-16/h4-15H,1-3H3,(H,24,27)/b14-11+. The SMILES string of the molecule is CC(C)(C)c1cc(NC(=O)/C=C/c2ccc(F)cc2)n(-c2ccccc2)n1. The van der Waals surface area contributed by atoms with Gasteiger partial charge in [0.15, 0.2) is 0 Å². The smallest absolute Gasteiger partial charge is 0.249 e. The molecule has 0 saturated heterocycles. The number of aromatic nitrogens is 2. The first kappa shape index (κ1) is 18.6. The van der Waals surface area contributed by atoms with Gasteiger partial charge in [-0.1, -0.05) is 51.1 Å². The summed E-state index contributed by atoms with van der Waals surface area (Å²) in [7, 11) is 0. The second-order valence-corrected chi connectivity index (χ2v) is 7.29. The molecule has 3 rings (SSSR count). The van der Waals surface area contributed by atoms with Crippen molar-refractivity contribution in [1.82, 2.24) is 9.78 Å². The van der Waals surface area contributed by atoms with Crippen LogP contribution in [0.5, 0.6) is 0 Å². The molecule has 138 valence electrons. The molecule has 0 saturated carbocycles. The molecule has 0 unspecified atom stereocenters. The topological polar surface area (TPSA) is 46.9 Å². The van der Waals surface area contributed by atoms with Gasteiger partial charge in [-0.15, -0.1) is 0 Å². The van der Waals surface area contributed by atoms with Gasteiger partial charge in [0.05, 0.1) is 11.4 Å². The summed E-state index contributed by atoms with van der Waals surface area (Å²) in [6.45, 7) is 6.22. The third-order valence-corrected chi connectivity index (χ3v) is 4.03. The van der Waals surface area contributed by atoms with E-state index >= 15 is 0 Å². The van der Waals surface area contributed by atoms with E-state index in [0.717, 1.165) is 16.9 Å². The lowest BCUT2D eigenvalue weighted by atomic mass is 9.92. The van der Waals surface area contributed by atoms with Gasteiger partial charge >= 0.3 is 0 Å². The van der Waals surface area contributed by atoms with E-state index in [0.29, 0.717) is 5.82 Å². The fraction of sp³-hybridized carbons (Fsp3) is 0.182. The summed E-state index contributed by atoms with van der Waals surface area (Å²) in [5.74, 6) is 0.00909. The van der Waals surface area contributed by atoms with E-state index in [1.165, 1.54) is 18.2 Å². The zero-order valence-electron chi connectivity index (χ0n) is 15.6. The summed E-state index contributed by atoms with van der Waals surface area (Å²) in [5.41, 5.74) is 2.34. The van der Waals surface area contributed by atoms with Crippen molar-refractivity contribution in [3.05, 3.63) is 83.8 Å². The fourth-order valence-corrected chi connectivity index (χ4v) is 2.52. The number of para-hydroxylation sites is 1. The number of benzene rings is 2. The maximum absolute atomic E-state index is 13.0. The Morgan fingerprint density at radius 1 is 1.07 bits per heavy atom. The van der Waals surface area contributed by atoms with Gasteiger partial charge in [0.2, 0.25) is 5.91 Å². The normalized spacial score (nSPS) is 11.7. The molecule has 1 N–H and O–H groups in total. The van der Waals surface area contributed by atoms with Crippen LogP contribution in [0.3, 0.4) is 0 Å². The summed E-state index contributed by atoms with van der Waals surface area (Å²) in [4.78, 5) is 12.4. The van der Waals surface area contributed by atoms with Crippen LogP contribution >= 0.6 is 0 Å². The molecule has 0 atom stereocenters. The summed E-state index contributed by atoms with van der Waals surface area (Å²) < 4.78 is 14.7. The average Bonchev–Trinajstić information content (AvgIpc) is 3.06. The number of rotatable bonds is 4. The van der Waals surface area contributed by atoms with Crippen LogP contribution in [0, 0.1) is 5.82 Å². The molecule has 0 spiro atoms. The Morgan fingerprint density at radius 2 is 1.74 bits per heavy atom. The molecule has 0 aliphatic rings. The molecule has 0 aliphatic heterocycles. The fourth-order valence-electron chi connectivity index (χ4n) is 2.52. The van der Waals surface area contributed by atoms with Crippen molar-refractivity contribution in [2.45, 2.75) is 26.2 Å². The second kappa shape index (κ2) is 7.58. The Labute approximate surface area is 158 Å².